The zero-order valence-corrected chi connectivity index (χ0v) is 9.72. The Hall–Kier alpha value is -1.77. The first-order valence-electron chi connectivity index (χ1n) is 5.51. The van der Waals surface area contributed by atoms with Crippen LogP contribution in [-0.2, 0) is 6.42 Å². The molecule has 0 bridgehead atoms. The molecule has 1 heterocycles. The molecule has 0 spiro atoms. The molecule has 1 atom stereocenters. The summed E-state index contributed by atoms with van der Waals surface area (Å²) < 4.78 is 2.03. The van der Waals surface area contributed by atoms with Crippen LogP contribution in [0.2, 0.25) is 0 Å². The number of aryl methyl sites for hydroxylation is 1. The van der Waals surface area contributed by atoms with Crippen LogP contribution in [-0.4, -0.2) is 9.55 Å². The molecule has 16 heavy (non-hydrogen) atoms. The Kier molecular flexibility index (Phi) is 2.95. The maximum atomic E-state index is 5.85. The molecule has 0 amide bonds. The van der Waals surface area contributed by atoms with Gasteiger partial charge in [-0.2, -0.15) is 0 Å². The lowest BCUT2D eigenvalue weighted by molar-refractivity contribution is 0.551. The lowest BCUT2D eigenvalue weighted by Crippen LogP contribution is -2.10. The second-order valence-corrected chi connectivity index (χ2v) is 4.19. The van der Waals surface area contributed by atoms with Crippen molar-refractivity contribution in [2.45, 2.75) is 26.3 Å². The third-order valence-electron chi connectivity index (χ3n) is 2.73. The standard InChI is InChI=1S/C13H17N3/c1-10-9-16(13(14)15-10)11(2)8-12-6-4-3-5-7-12/h3-7,9,11H,8H2,1-2H3,(H2,14,15). The van der Waals surface area contributed by atoms with Crippen LogP contribution in [0.15, 0.2) is 36.5 Å². The van der Waals surface area contributed by atoms with Crippen LogP contribution in [0, 0.1) is 6.92 Å². The first kappa shape index (κ1) is 10.7. The van der Waals surface area contributed by atoms with Gasteiger partial charge >= 0.3 is 0 Å². The van der Waals surface area contributed by atoms with Gasteiger partial charge in [-0.25, -0.2) is 4.98 Å². The Morgan fingerprint density at radius 1 is 1.31 bits per heavy atom. The molecule has 3 heteroatoms. The van der Waals surface area contributed by atoms with Gasteiger partial charge in [0.05, 0.1) is 5.69 Å². The largest absolute Gasteiger partial charge is 0.369 e. The van der Waals surface area contributed by atoms with Crippen molar-refractivity contribution in [1.29, 1.82) is 0 Å². The SMILES string of the molecule is Cc1cn(C(C)Cc2ccccc2)c(N)n1. The highest BCUT2D eigenvalue weighted by molar-refractivity contribution is 5.23. The fourth-order valence-corrected chi connectivity index (χ4v) is 1.94. The summed E-state index contributed by atoms with van der Waals surface area (Å²) in [6, 6.07) is 10.8. The molecule has 0 fully saturated rings. The summed E-state index contributed by atoms with van der Waals surface area (Å²) in [5, 5.41) is 0. The zero-order chi connectivity index (χ0) is 11.5. The van der Waals surface area contributed by atoms with Crippen LogP contribution in [0.4, 0.5) is 5.95 Å². The van der Waals surface area contributed by atoms with Gasteiger partial charge in [0.25, 0.3) is 0 Å². The van der Waals surface area contributed by atoms with Crippen molar-refractivity contribution in [1.82, 2.24) is 9.55 Å². The topological polar surface area (TPSA) is 43.8 Å². The smallest absolute Gasteiger partial charge is 0.200 e. The predicted molar refractivity (Wildman–Crippen MR) is 66.2 cm³/mol. The molecule has 0 aliphatic heterocycles. The van der Waals surface area contributed by atoms with E-state index < -0.39 is 0 Å². The Balaban J connectivity index is 2.14. The number of hydrogen-bond acceptors (Lipinski definition) is 2. The van der Waals surface area contributed by atoms with Gasteiger partial charge in [0.1, 0.15) is 0 Å². The summed E-state index contributed by atoms with van der Waals surface area (Å²) in [4.78, 5) is 4.21. The van der Waals surface area contributed by atoms with Gasteiger partial charge in [-0.1, -0.05) is 30.3 Å². The second-order valence-electron chi connectivity index (χ2n) is 4.19. The van der Waals surface area contributed by atoms with Crippen LogP contribution in [0.5, 0.6) is 0 Å². The van der Waals surface area contributed by atoms with Crippen molar-refractivity contribution in [2.24, 2.45) is 0 Å². The van der Waals surface area contributed by atoms with E-state index in [2.05, 4.69) is 36.2 Å². The van der Waals surface area contributed by atoms with E-state index in [1.54, 1.807) is 0 Å². The van der Waals surface area contributed by atoms with E-state index in [9.17, 15) is 0 Å². The van der Waals surface area contributed by atoms with E-state index in [-0.39, 0.29) is 0 Å². The molecular weight excluding hydrogens is 198 g/mol. The minimum Gasteiger partial charge on any atom is -0.369 e. The number of anilines is 1. The Bertz CT molecular complexity index is 459. The molecule has 1 aromatic heterocycles. The van der Waals surface area contributed by atoms with Crippen LogP contribution in [0.1, 0.15) is 24.2 Å². The summed E-state index contributed by atoms with van der Waals surface area (Å²) in [5.41, 5.74) is 8.14. The molecule has 2 rings (SSSR count). The van der Waals surface area contributed by atoms with Crippen LogP contribution in [0.25, 0.3) is 0 Å². The van der Waals surface area contributed by atoms with Gasteiger partial charge in [-0.3, -0.25) is 0 Å². The molecule has 0 radical (unpaired) electrons. The van der Waals surface area contributed by atoms with Gasteiger partial charge in [-0.15, -0.1) is 0 Å². The Morgan fingerprint density at radius 2 is 2.00 bits per heavy atom. The summed E-state index contributed by atoms with van der Waals surface area (Å²) in [6.07, 6.45) is 2.98. The van der Waals surface area contributed by atoms with Crippen LogP contribution in [0.3, 0.4) is 0 Å². The third kappa shape index (κ3) is 2.24. The molecule has 0 aliphatic rings. The number of hydrogen-bond donors (Lipinski definition) is 1. The highest BCUT2D eigenvalue weighted by Crippen LogP contribution is 2.17. The monoisotopic (exact) mass is 215 g/mol. The normalized spacial score (nSPS) is 12.6. The molecule has 84 valence electrons. The minimum absolute atomic E-state index is 0.337. The van der Waals surface area contributed by atoms with Crippen LogP contribution < -0.4 is 5.73 Å². The first-order chi connectivity index (χ1) is 7.66. The molecule has 0 saturated heterocycles. The number of nitrogens with two attached hydrogens (primary N) is 1. The highest BCUT2D eigenvalue weighted by Gasteiger charge is 2.09. The number of imidazole rings is 1. The molecule has 1 unspecified atom stereocenters. The molecule has 3 nitrogen and oxygen atoms in total. The van der Waals surface area contributed by atoms with Crippen molar-refractivity contribution in [3.8, 4) is 0 Å². The number of nitrogen functional groups attached to an aromatic ring is 1. The van der Waals surface area contributed by atoms with E-state index in [0.29, 0.717) is 12.0 Å². The fraction of sp³-hybridized carbons (Fsp3) is 0.308. The average molecular weight is 215 g/mol. The van der Waals surface area contributed by atoms with E-state index >= 15 is 0 Å². The van der Waals surface area contributed by atoms with Crippen molar-refractivity contribution >= 4 is 5.95 Å². The van der Waals surface area contributed by atoms with Gasteiger partial charge in [-0.05, 0) is 25.8 Å². The summed E-state index contributed by atoms with van der Waals surface area (Å²) in [5.74, 6) is 0.598. The maximum Gasteiger partial charge on any atom is 0.200 e. The lowest BCUT2D eigenvalue weighted by atomic mass is 10.1. The molecule has 1 aromatic carbocycles. The van der Waals surface area contributed by atoms with E-state index in [0.717, 1.165) is 12.1 Å². The second kappa shape index (κ2) is 4.39. The number of aromatic nitrogens is 2. The fourth-order valence-electron chi connectivity index (χ4n) is 1.94. The van der Waals surface area contributed by atoms with Crippen molar-refractivity contribution in [2.75, 3.05) is 5.73 Å². The van der Waals surface area contributed by atoms with Gasteiger partial charge in [0.15, 0.2) is 0 Å². The highest BCUT2D eigenvalue weighted by atomic mass is 15.2. The number of rotatable bonds is 3. The Morgan fingerprint density at radius 3 is 2.56 bits per heavy atom. The van der Waals surface area contributed by atoms with Gasteiger partial charge in [0.2, 0.25) is 5.95 Å². The zero-order valence-electron chi connectivity index (χ0n) is 9.72. The quantitative estimate of drug-likeness (QED) is 0.855. The molecular formula is C13H17N3. The molecule has 0 saturated carbocycles. The van der Waals surface area contributed by atoms with Crippen LogP contribution >= 0.6 is 0 Å². The van der Waals surface area contributed by atoms with E-state index in [1.807, 2.05) is 23.8 Å². The van der Waals surface area contributed by atoms with E-state index in [4.69, 9.17) is 5.73 Å². The predicted octanol–water partition coefficient (Wildman–Crippen LogP) is 2.58. The number of benzene rings is 1. The molecule has 2 aromatic rings. The summed E-state index contributed by atoms with van der Waals surface area (Å²) in [6.45, 7) is 4.12. The van der Waals surface area contributed by atoms with E-state index in [1.165, 1.54) is 5.56 Å². The summed E-state index contributed by atoms with van der Waals surface area (Å²) in [7, 11) is 0. The molecule has 2 N–H and O–H groups in total. The Labute approximate surface area is 95.9 Å². The van der Waals surface area contributed by atoms with Gasteiger partial charge < -0.3 is 10.3 Å². The lowest BCUT2D eigenvalue weighted by Gasteiger charge is -2.14. The van der Waals surface area contributed by atoms with Gasteiger partial charge in [0, 0.05) is 12.2 Å². The first-order valence-corrected chi connectivity index (χ1v) is 5.51. The third-order valence-corrected chi connectivity index (χ3v) is 2.73. The van der Waals surface area contributed by atoms with Crippen molar-refractivity contribution in [3.63, 3.8) is 0 Å². The molecule has 0 aliphatic carbocycles. The minimum atomic E-state index is 0.337. The van der Waals surface area contributed by atoms with Crippen molar-refractivity contribution in [3.05, 3.63) is 47.8 Å². The van der Waals surface area contributed by atoms with Crippen molar-refractivity contribution < 1.29 is 0 Å². The summed E-state index contributed by atoms with van der Waals surface area (Å²) >= 11 is 0. The maximum absolute atomic E-state index is 5.85. The number of nitrogens with zero attached hydrogens (tertiary/aromatic N) is 2. The average Bonchev–Trinajstić information content (AvgIpc) is 2.59.